The smallest absolute Gasteiger partial charge is 0.229 e. The van der Waals surface area contributed by atoms with Crippen LogP contribution in [0.15, 0.2) is 58.5 Å². The van der Waals surface area contributed by atoms with E-state index in [4.69, 9.17) is 4.98 Å². The SMILES string of the molecule is Cc1ccc(S(=O)(=O)c2nnn3c2nc(N2CCCCCC2)c2ccccc23)cc1. The van der Waals surface area contributed by atoms with Crippen LogP contribution in [0.2, 0.25) is 0 Å². The van der Waals surface area contributed by atoms with Gasteiger partial charge in [-0.25, -0.2) is 13.4 Å². The summed E-state index contributed by atoms with van der Waals surface area (Å²) in [6, 6.07) is 14.6. The summed E-state index contributed by atoms with van der Waals surface area (Å²) in [6.07, 6.45) is 4.62. The van der Waals surface area contributed by atoms with E-state index in [-0.39, 0.29) is 15.6 Å². The molecule has 1 saturated heterocycles. The first-order chi connectivity index (χ1) is 14.6. The van der Waals surface area contributed by atoms with E-state index in [0.29, 0.717) is 0 Å². The van der Waals surface area contributed by atoms with Crippen molar-refractivity contribution in [2.45, 2.75) is 42.5 Å². The van der Waals surface area contributed by atoms with Gasteiger partial charge in [-0.1, -0.05) is 47.9 Å². The van der Waals surface area contributed by atoms with Crippen LogP contribution in [0.3, 0.4) is 0 Å². The number of para-hydroxylation sites is 1. The molecule has 0 unspecified atom stereocenters. The fraction of sp³-hybridized carbons (Fsp3) is 0.318. The van der Waals surface area contributed by atoms with E-state index in [2.05, 4.69) is 15.2 Å². The van der Waals surface area contributed by atoms with Crippen LogP contribution in [0, 0.1) is 6.92 Å². The third-order valence-corrected chi connectivity index (χ3v) is 7.36. The molecule has 0 atom stereocenters. The van der Waals surface area contributed by atoms with Crippen molar-refractivity contribution in [1.82, 2.24) is 19.8 Å². The van der Waals surface area contributed by atoms with Gasteiger partial charge in [-0.2, -0.15) is 4.52 Å². The van der Waals surface area contributed by atoms with E-state index in [0.717, 1.165) is 48.2 Å². The van der Waals surface area contributed by atoms with Crippen LogP contribution in [-0.2, 0) is 9.84 Å². The van der Waals surface area contributed by atoms with Crippen molar-refractivity contribution in [1.29, 1.82) is 0 Å². The molecule has 0 amide bonds. The van der Waals surface area contributed by atoms with Crippen molar-refractivity contribution in [3.05, 3.63) is 54.1 Å². The zero-order valence-electron chi connectivity index (χ0n) is 16.8. The van der Waals surface area contributed by atoms with Gasteiger partial charge in [0.1, 0.15) is 5.82 Å². The second kappa shape index (κ2) is 7.36. The molecule has 0 radical (unpaired) electrons. The number of benzene rings is 2. The normalized spacial score (nSPS) is 15.6. The Morgan fingerprint density at radius 3 is 2.33 bits per heavy atom. The molecule has 0 spiro atoms. The topological polar surface area (TPSA) is 80.5 Å². The van der Waals surface area contributed by atoms with Crippen molar-refractivity contribution in [2.75, 3.05) is 18.0 Å². The minimum Gasteiger partial charge on any atom is -0.356 e. The molecule has 0 N–H and O–H groups in total. The second-order valence-corrected chi connectivity index (χ2v) is 9.67. The maximum Gasteiger partial charge on any atom is 0.229 e. The Morgan fingerprint density at radius 1 is 0.900 bits per heavy atom. The van der Waals surface area contributed by atoms with Crippen LogP contribution in [0.5, 0.6) is 0 Å². The van der Waals surface area contributed by atoms with Gasteiger partial charge in [0, 0.05) is 18.5 Å². The fourth-order valence-corrected chi connectivity index (χ4v) is 5.29. The van der Waals surface area contributed by atoms with Crippen molar-refractivity contribution in [3.63, 3.8) is 0 Å². The maximum atomic E-state index is 13.3. The minimum absolute atomic E-state index is 0.104. The number of aryl methyl sites for hydroxylation is 1. The van der Waals surface area contributed by atoms with E-state index < -0.39 is 9.84 Å². The first-order valence-electron chi connectivity index (χ1n) is 10.3. The van der Waals surface area contributed by atoms with Crippen molar-refractivity contribution in [2.24, 2.45) is 0 Å². The lowest BCUT2D eigenvalue weighted by Crippen LogP contribution is -2.25. The number of fused-ring (bicyclic) bond motifs is 3. The Bertz CT molecular complexity index is 1320. The molecule has 0 saturated carbocycles. The van der Waals surface area contributed by atoms with Gasteiger partial charge in [0.25, 0.3) is 0 Å². The average molecular weight is 422 g/mol. The highest BCUT2D eigenvalue weighted by atomic mass is 32.2. The number of rotatable bonds is 3. The van der Waals surface area contributed by atoms with Crippen molar-refractivity contribution in [3.8, 4) is 0 Å². The molecule has 1 aliphatic rings. The van der Waals surface area contributed by atoms with Crippen LogP contribution in [-0.4, -0.2) is 41.3 Å². The molecule has 8 heteroatoms. The lowest BCUT2D eigenvalue weighted by Gasteiger charge is -2.23. The monoisotopic (exact) mass is 421 g/mol. The first-order valence-corrected chi connectivity index (χ1v) is 11.7. The molecule has 1 fully saturated rings. The fourth-order valence-electron chi connectivity index (χ4n) is 4.05. The molecule has 0 aliphatic carbocycles. The van der Waals surface area contributed by atoms with E-state index in [9.17, 15) is 8.42 Å². The molecule has 7 nitrogen and oxygen atoms in total. The summed E-state index contributed by atoms with van der Waals surface area (Å²) in [7, 11) is -3.84. The molecule has 154 valence electrons. The van der Waals surface area contributed by atoms with Crippen LogP contribution in [0.25, 0.3) is 16.6 Å². The Morgan fingerprint density at radius 2 is 1.60 bits per heavy atom. The average Bonchev–Trinajstić information content (AvgIpc) is 3.01. The van der Waals surface area contributed by atoms with Gasteiger partial charge < -0.3 is 4.90 Å². The van der Waals surface area contributed by atoms with Crippen molar-refractivity contribution < 1.29 is 8.42 Å². The van der Waals surface area contributed by atoms with Crippen LogP contribution < -0.4 is 4.90 Å². The van der Waals surface area contributed by atoms with Gasteiger partial charge in [-0.05, 0) is 44.0 Å². The molecule has 1 aliphatic heterocycles. The van der Waals surface area contributed by atoms with Gasteiger partial charge >= 0.3 is 0 Å². The van der Waals surface area contributed by atoms with Crippen molar-refractivity contribution >= 4 is 32.2 Å². The van der Waals surface area contributed by atoms with Gasteiger partial charge in [0.2, 0.25) is 14.9 Å². The van der Waals surface area contributed by atoms with Crippen LogP contribution >= 0.6 is 0 Å². The molecule has 2 aromatic carbocycles. The van der Waals surface area contributed by atoms with Gasteiger partial charge in [-0.3, -0.25) is 0 Å². The maximum absolute atomic E-state index is 13.3. The van der Waals surface area contributed by atoms with E-state index >= 15 is 0 Å². The third-order valence-electron chi connectivity index (χ3n) is 5.69. The highest BCUT2D eigenvalue weighted by Gasteiger charge is 2.28. The largest absolute Gasteiger partial charge is 0.356 e. The molecule has 0 bridgehead atoms. The molecule has 3 heterocycles. The Hall–Kier alpha value is -3.00. The molecule has 30 heavy (non-hydrogen) atoms. The van der Waals surface area contributed by atoms with Crippen LogP contribution in [0.4, 0.5) is 5.82 Å². The first kappa shape index (κ1) is 19.0. The van der Waals surface area contributed by atoms with E-state index in [1.54, 1.807) is 24.3 Å². The summed E-state index contributed by atoms with van der Waals surface area (Å²) in [4.78, 5) is 7.29. The summed E-state index contributed by atoms with van der Waals surface area (Å²) in [5.74, 6) is 0.808. The number of anilines is 1. The lowest BCUT2D eigenvalue weighted by molar-refractivity contribution is 0.592. The Balaban J connectivity index is 1.75. The number of aromatic nitrogens is 4. The summed E-state index contributed by atoms with van der Waals surface area (Å²) < 4.78 is 28.2. The summed E-state index contributed by atoms with van der Waals surface area (Å²) in [5.41, 5.74) is 2.07. The van der Waals surface area contributed by atoms with E-state index in [1.165, 1.54) is 17.4 Å². The predicted molar refractivity (Wildman–Crippen MR) is 116 cm³/mol. The van der Waals surface area contributed by atoms with Crippen LogP contribution in [0.1, 0.15) is 31.2 Å². The standard InChI is InChI=1S/C22H23N5O2S/c1-16-10-12-17(13-11-16)30(28,29)22-21-23-20(26-14-6-2-3-7-15-26)18-8-4-5-9-19(18)27(21)25-24-22/h4-5,8-13H,2-3,6-7,14-15H2,1H3. The number of hydrogen-bond acceptors (Lipinski definition) is 6. The summed E-state index contributed by atoms with van der Waals surface area (Å²) in [5, 5.41) is 9.08. The highest BCUT2D eigenvalue weighted by molar-refractivity contribution is 7.91. The molecule has 5 rings (SSSR count). The third kappa shape index (κ3) is 3.11. The number of hydrogen-bond donors (Lipinski definition) is 0. The Kier molecular flexibility index (Phi) is 4.66. The summed E-state index contributed by atoms with van der Waals surface area (Å²) >= 11 is 0. The minimum atomic E-state index is -3.84. The summed E-state index contributed by atoms with van der Waals surface area (Å²) in [6.45, 7) is 3.74. The zero-order valence-corrected chi connectivity index (χ0v) is 17.6. The van der Waals surface area contributed by atoms with Gasteiger partial charge in [0.15, 0.2) is 5.65 Å². The number of nitrogens with zero attached hydrogens (tertiary/aromatic N) is 5. The Labute approximate surface area is 175 Å². The molecule has 2 aromatic heterocycles. The lowest BCUT2D eigenvalue weighted by atomic mass is 10.2. The highest BCUT2D eigenvalue weighted by Crippen LogP contribution is 2.31. The molecular weight excluding hydrogens is 398 g/mol. The number of sulfone groups is 1. The van der Waals surface area contributed by atoms with E-state index in [1.807, 2.05) is 31.2 Å². The van der Waals surface area contributed by atoms with Gasteiger partial charge in [-0.15, -0.1) is 5.10 Å². The predicted octanol–water partition coefficient (Wildman–Crippen LogP) is 3.80. The molecule has 4 aromatic rings. The zero-order chi connectivity index (χ0) is 20.7. The molecular formula is C22H23N5O2S. The quantitative estimate of drug-likeness (QED) is 0.501. The van der Waals surface area contributed by atoms with Gasteiger partial charge in [0.05, 0.1) is 10.4 Å². The second-order valence-electron chi connectivity index (χ2n) is 7.80.